The van der Waals surface area contributed by atoms with Crippen LogP contribution in [0.15, 0.2) is 53.4 Å². The summed E-state index contributed by atoms with van der Waals surface area (Å²) >= 11 is 5.74. The van der Waals surface area contributed by atoms with Crippen molar-refractivity contribution in [3.05, 3.63) is 59.1 Å². The van der Waals surface area contributed by atoms with Gasteiger partial charge in [-0.05, 0) is 36.4 Å². The molecule has 0 atom stereocenters. The van der Waals surface area contributed by atoms with Crippen molar-refractivity contribution in [3.8, 4) is 0 Å². The Balaban J connectivity index is 2.17. The number of urea groups is 1. The number of imide groups is 1. The number of halogens is 1. The number of nitrogens with one attached hydrogen (secondary N) is 2. The first-order chi connectivity index (χ1) is 12.7. The number of nitrogens with two attached hydrogens (primary N) is 1. The highest BCUT2D eigenvalue weighted by Crippen LogP contribution is 2.22. The van der Waals surface area contributed by atoms with Crippen molar-refractivity contribution >= 4 is 45.2 Å². The van der Waals surface area contributed by atoms with Crippen LogP contribution in [-0.2, 0) is 19.6 Å². The number of amides is 3. The second-order valence-electron chi connectivity index (χ2n) is 5.09. The van der Waals surface area contributed by atoms with Crippen LogP contribution in [0.25, 0.3) is 0 Å². The molecule has 9 nitrogen and oxygen atoms in total. The number of para-hydroxylation sites is 1. The number of ether oxygens (including phenoxy) is 1. The van der Waals surface area contributed by atoms with Crippen LogP contribution >= 0.6 is 11.6 Å². The maximum Gasteiger partial charge on any atom is 0.340 e. The van der Waals surface area contributed by atoms with E-state index >= 15 is 0 Å². The lowest BCUT2D eigenvalue weighted by molar-refractivity contribution is -0.123. The first-order valence-electron chi connectivity index (χ1n) is 7.33. The topological polar surface area (TPSA) is 145 Å². The van der Waals surface area contributed by atoms with E-state index in [1.165, 1.54) is 48.5 Å². The lowest BCUT2D eigenvalue weighted by atomic mass is 10.2. The number of primary amides is 1. The molecule has 0 saturated heterocycles. The summed E-state index contributed by atoms with van der Waals surface area (Å²) in [5, 5.41) is 2.10. The van der Waals surface area contributed by atoms with Gasteiger partial charge in [0.2, 0.25) is 0 Å². The molecule has 0 saturated carbocycles. The van der Waals surface area contributed by atoms with Gasteiger partial charge in [-0.25, -0.2) is 18.0 Å². The van der Waals surface area contributed by atoms with Gasteiger partial charge in [-0.15, -0.1) is 0 Å². The Kier molecular flexibility index (Phi) is 6.37. The minimum atomic E-state index is -3.99. The van der Waals surface area contributed by atoms with Crippen molar-refractivity contribution in [3.63, 3.8) is 0 Å². The highest BCUT2D eigenvalue weighted by Gasteiger charge is 2.20. The van der Waals surface area contributed by atoms with E-state index in [0.29, 0.717) is 5.02 Å². The van der Waals surface area contributed by atoms with E-state index < -0.39 is 34.5 Å². The van der Waals surface area contributed by atoms with Crippen LogP contribution in [0, 0.1) is 0 Å². The fourth-order valence-corrected chi connectivity index (χ4v) is 3.16. The summed E-state index contributed by atoms with van der Waals surface area (Å²) < 4.78 is 31.9. The lowest BCUT2D eigenvalue weighted by Crippen LogP contribution is -2.37. The van der Waals surface area contributed by atoms with Crippen LogP contribution in [0.4, 0.5) is 10.5 Å². The average molecular weight is 412 g/mol. The maximum atomic E-state index is 12.5. The number of carbonyl (C=O) groups is 3. The highest BCUT2D eigenvalue weighted by atomic mass is 35.5. The molecule has 2 rings (SSSR count). The van der Waals surface area contributed by atoms with Crippen LogP contribution in [0.2, 0.25) is 5.02 Å². The largest absolute Gasteiger partial charge is 0.452 e. The fraction of sp³-hybridized carbons (Fsp3) is 0.0625. The monoisotopic (exact) mass is 411 g/mol. The zero-order valence-electron chi connectivity index (χ0n) is 13.6. The Labute approximate surface area is 159 Å². The summed E-state index contributed by atoms with van der Waals surface area (Å²) in [6.45, 7) is -0.764. The van der Waals surface area contributed by atoms with Gasteiger partial charge < -0.3 is 10.5 Å². The summed E-state index contributed by atoms with van der Waals surface area (Å²) in [4.78, 5) is 34.0. The molecule has 11 heteroatoms. The van der Waals surface area contributed by atoms with Gasteiger partial charge in [0, 0.05) is 5.02 Å². The number of esters is 1. The molecule has 0 aliphatic rings. The summed E-state index contributed by atoms with van der Waals surface area (Å²) in [7, 11) is -3.99. The highest BCUT2D eigenvalue weighted by molar-refractivity contribution is 7.92. The van der Waals surface area contributed by atoms with E-state index in [-0.39, 0.29) is 16.1 Å². The van der Waals surface area contributed by atoms with Crippen molar-refractivity contribution in [2.24, 2.45) is 5.73 Å². The Morgan fingerprint density at radius 2 is 1.67 bits per heavy atom. The second-order valence-corrected chi connectivity index (χ2v) is 7.21. The van der Waals surface area contributed by atoms with E-state index in [9.17, 15) is 22.8 Å². The molecular formula is C16H14ClN3O6S. The summed E-state index contributed by atoms with van der Waals surface area (Å²) in [5.74, 6) is -1.89. The third kappa shape index (κ3) is 5.69. The van der Waals surface area contributed by atoms with Crippen molar-refractivity contribution in [1.82, 2.24) is 5.32 Å². The first-order valence-corrected chi connectivity index (χ1v) is 9.19. The number of anilines is 1. The van der Waals surface area contributed by atoms with Gasteiger partial charge >= 0.3 is 12.0 Å². The quantitative estimate of drug-likeness (QED) is 0.614. The molecule has 0 aliphatic heterocycles. The van der Waals surface area contributed by atoms with Crippen LogP contribution < -0.4 is 15.8 Å². The summed E-state index contributed by atoms with van der Waals surface area (Å²) in [6.07, 6.45) is 0. The Morgan fingerprint density at radius 1 is 1.04 bits per heavy atom. The molecule has 0 spiro atoms. The van der Waals surface area contributed by atoms with Crippen molar-refractivity contribution in [2.75, 3.05) is 11.3 Å². The Hall–Kier alpha value is -3.11. The smallest absolute Gasteiger partial charge is 0.340 e. The average Bonchev–Trinajstić information content (AvgIpc) is 2.59. The lowest BCUT2D eigenvalue weighted by Gasteiger charge is -2.12. The molecular weight excluding hydrogens is 398 g/mol. The fourth-order valence-electron chi connectivity index (χ4n) is 1.95. The van der Waals surface area contributed by atoms with Gasteiger partial charge in [-0.2, -0.15) is 0 Å². The van der Waals surface area contributed by atoms with Gasteiger partial charge in [-0.1, -0.05) is 23.7 Å². The maximum absolute atomic E-state index is 12.5. The van der Waals surface area contributed by atoms with Crippen LogP contribution in [0.1, 0.15) is 10.4 Å². The van der Waals surface area contributed by atoms with E-state index in [4.69, 9.17) is 22.1 Å². The molecule has 0 aliphatic carbocycles. The first kappa shape index (κ1) is 20.2. The molecule has 0 unspecified atom stereocenters. The van der Waals surface area contributed by atoms with Crippen molar-refractivity contribution < 1.29 is 27.5 Å². The van der Waals surface area contributed by atoms with Gasteiger partial charge in [0.1, 0.15) is 0 Å². The minimum Gasteiger partial charge on any atom is -0.452 e. The molecule has 0 aromatic heterocycles. The molecule has 2 aromatic rings. The number of carbonyl (C=O) groups excluding carboxylic acids is 3. The minimum absolute atomic E-state index is 0.0484. The van der Waals surface area contributed by atoms with Gasteiger partial charge in [-0.3, -0.25) is 14.8 Å². The molecule has 4 N–H and O–H groups in total. The second kappa shape index (κ2) is 8.52. The van der Waals surface area contributed by atoms with E-state index in [1.807, 2.05) is 0 Å². The van der Waals surface area contributed by atoms with Crippen LogP contribution in [0.3, 0.4) is 0 Å². The van der Waals surface area contributed by atoms with E-state index in [1.54, 1.807) is 5.32 Å². The Morgan fingerprint density at radius 3 is 2.30 bits per heavy atom. The summed E-state index contributed by atoms with van der Waals surface area (Å²) in [5.41, 5.74) is 4.60. The standard InChI is InChI=1S/C16H14ClN3O6S/c17-10-5-7-11(8-6-10)27(24,25)20-13-4-2-1-3-12(13)15(22)26-9-14(21)19-16(18)23/h1-8,20H,9H2,(H3,18,19,21,23). The van der Waals surface area contributed by atoms with E-state index in [2.05, 4.69) is 4.72 Å². The summed E-state index contributed by atoms with van der Waals surface area (Å²) in [6, 6.07) is 10.0. The molecule has 0 bridgehead atoms. The van der Waals surface area contributed by atoms with E-state index in [0.717, 1.165) is 0 Å². The molecule has 2 aromatic carbocycles. The number of hydrogen-bond donors (Lipinski definition) is 3. The van der Waals surface area contributed by atoms with Gasteiger partial charge in [0.25, 0.3) is 15.9 Å². The van der Waals surface area contributed by atoms with Crippen LogP contribution in [0.5, 0.6) is 0 Å². The number of hydrogen-bond acceptors (Lipinski definition) is 6. The molecule has 3 amide bonds. The predicted molar refractivity (Wildman–Crippen MR) is 96.7 cm³/mol. The molecule has 0 fully saturated rings. The molecule has 0 heterocycles. The normalized spacial score (nSPS) is 10.7. The molecule has 27 heavy (non-hydrogen) atoms. The van der Waals surface area contributed by atoms with Gasteiger partial charge in [0.05, 0.1) is 16.1 Å². The zero-order valence-corrected chi connectivity index (χ0v) is 15.2. The van der Waals surface area contributed by atoms with Gasteiger partial charge in [0.15, 0.2) is 6.61 Å². The third-order valence-electron chi connectivity index (χ3n) is 3.11. The van der Waals surface area contributed by atoms with Crippen molar-refractivity contribution in [1.29, 1.82) is 0 Å². The van der Waals surface area contributed by atoms with Crippen LogP contribution in [-0.4, -0.2) is 32.9 Å². The zero-order chi connectivity index (χ0) is 20.0. The SMILES string of the molecule is NC(=O)NC(=O)COC(=O)c1ccccc1NS(=O)(=O)c1ccc(Cl)cc1. The molecule has 0 radical (unpaired) electrons. The number of sulfonamides is 1. The van der Waals surface area contributed by atoms with Crippen molar-refractivity contribution in [2.45, 2.75) is 4.90 Å². The predicted octanol–water partition coefficient (Wildman–Crippen LogP) is 1.49. The number of rotatable bonds is 6. The molecule has 142 valence electrons. The third-order valence-corrected chi connectivity index (χ3v) is 4.75. The Bertz CT molecular complexity index is 976. The number of benzene rings is 2.